The summed E-state index contributed by atoms with van der Waals surface area (Å²) < 4.78 is 1.46. The molecule has 0 aliphatic rings. The molecule has 0 unspecified atom stereocenters. The highest BCUT2D eigenvalue weighted by molar-refractivity contribution is 5.69. The highest BCUT2D eigenvalue weighted by Crippen LogP contribution is 2.09. The fraction of sp³-hybridized carbons (Fsp3) is 0.583. The van der Waals surface area contributed by atoms with Gasteiger partial charge in [-0.05, 0) is 19.3 Å². The Balaban J connectivity index is 2.53. The lowest BCUT2D eigenvalue weighted by Gasteiger charge is -2.00. The number of rotatable bonds is 4. The van der Waals surface area contributed by atoms with Crippen molar-refractivity contribution in [3.8, 4) is 0 Å². The van der Waals surface area contributed by atoms with E-state index >= 15 is 0 Å². The van der Waals surface area contributed by atoms with Crippen molar-refractivity contribution in [2.75, 3.05) is 0 Å². The Labute approximate surface area is 104 Å². The topological polar surface area (TPSA) is 83.5 Å². The van der Waals surface area contributed by atoms with Gasteiger partial charge in [0.25, 0.3) is 5.56 Å². The predicted octanol–water partition coefficient (Wildman–Crippen LogP) is 1.02. The molecule has 0 radical (unpaired) electrons. The first-order chi connectivity index (χ1) is 8.52. The SMILES string of the molecule is CCn1c(=O)[nH]c(=O)c2[nH]c(CCC(C)C)nc21. The summed E-state index contributed by atoms with van der Waals surface area (Å²) in [5.74, 6) is 1.34. The van der Waals surface area contributed by atoms with Crippen molar-refractivity contribution in [1.82, 2.24) is 19.5 Å². The van der Waals surface area contributed by atoms with Crippen LogP contribution in [0.2, 0.25) is 0 Å². The van der Waals surface area contributed by atoms with E-state index in [4.69, 9.17) is 0 Å². The molecular weight excluding hydrogens is 232 g/mol. The maximum Gasteiger partial charge on any atom is 0.330 e. The van der Waals surface area contributed by atoms with Crippen LogP contribution in [0.3, 0.4) is 0 Å². The first kappa shape index (κ1) is 12.6. The fourth-order valence-electron chi connectivity index (χ4n) is 1.93. The van der Waals surface area contributed by atoms with Gasteiger partial charge in [0.15, 0.2) is 5.65 Å². The van der Waals surface area contributed by atoms with Crippen molar-refractivity contribution < 1.29 is 0 Å². The van der Waals surface area contributed by atoms with Gasteiger partial charge in [0.2, 0.25) is 0 Å². The molecule has 0 aromatic carbocycles. The van der Waals surface area contributed by atoms with Gasteiger partial charge in [0.1, 0.15) is 11.3 Å². The van der Waals surface area contributed by atoms with Gasteiger partial charge in [-0.15, -0.1) is 0 Å². The maximum atomic E-state index is 11.7. The van der Waals surface area contributed by atoms with E-state index in [0.717, 1.165) is 18.7 Å². The normalized spacial score (nSPS) is 11.6. The molecule has 0 saturated carbocycles. The molecular formula is C12H18N4O2. The van der Waals surface area contributed by atoms with Gasteiger partial charge >= 0.3 is 5.69 Å². The number of nitrogens with zero attached hydrogens (tertiary/aromatic N) is 2. The van der Waals surface area contributed by atoms with Gasteiger partial charge in [-0.25, -0.2) is 9.78 Å². The molecule has 2 aromatic heterocycles. The molecule has 6 heteroatoms. The Morgan fingerprint density at radius 3 is 2.61 bits per heavy atom. The molecule has 2 heterocycles. The maximum absolute atomic E-state index is 11.7. The van der Waals surface area contributed by atoms with Crippen LogP contribution in [0.15, 0.2) is 9.59 Å². The minimum absolute atomic E-state index is 0.384. The van der Waals surface area contributed by atoms with E-state index < -0.39 is 11.2 Å². The standard InChI is InChI=1S/C12H18N4O2/c1-4-16-10-9(11(17)15-12(16)18)13-8(14-10)6-5-7(2)3/h7H,4-6H2,1-3H3,(H,13,14)(H,15,17,18). The second-order valence-electron chi connectivity index (χ2n) is 4.82. The molecule has 0 saturated heterocycles. The van der Waals surface area contributed by atoms with Crippen LogP contribution in [0.4, 0.5) is 0 Å². The van der Waals surface area contributed by atoms with Gasteiger partial charge in [-0.3, -0.25) is 14.3 Å². The van der Waals surface area contributed by atoms with Crippen molar-refractivity contribution in [3.05, 3.63) is 26.7 Å². The second-order valence-corrected chi connectivity index (χ2v) is 4.82. The van der Waals surface area contributed by atoms with Gasteiger partial charge in [0.05, 0.1) is 0 Å². The molecule has 0 aliphatic carbocycles. The third-order valence-electron chi connectivity index (χ3n) is 2.96. The molecule has 2 aromatic rings. The summed E-state index contributed by atoms with van der Waals surface area (Å²) in [5, 5.41) is 0. The average Bonchev–Trinajstić information content (AvgIpc) is 2.71. The number of aromatic nitrogens is 4. The van der Waals surface area contributed by atoms with Crippen LogP contribution in [0.5, 0.6) is 0 Å². The second kappa shape index (κ2) is 4.80. The predicted molar refractivity (Wildman–Crippen MR) is 69.8 cm³/mol. The summed E-state index contributed by atoms with van der Waals surface area (Å²) in [6.45, 7) is 6.61. The summed E-state index contributed by atoms with van der Waals surface area (Å²) in [4.78, 5) is 33.0. The van der Waals surface area contributed by atoms with Crippen molar-refractivity contribution in [1.29, 1.82) is 0 Å². The zero-order valence-corrected chi connectivity index (χ0v) is 10.9. The smallest absolute Gasteiger partial charge is 0.330 e. The first-order valence-corrected chi connectivity index (χ1v) is 6.24. The van der Waals surface area contributed by atoms with Gasteiger partial charge < -0.3 is 4.98 Å². The van der Waals surface area contributed by atoms with Gasteiger partial charge in [0, 0.05) is 13.0 Å². The zero-order chi connectivity index (χ0) is 13.3. The van der Waals surface area contributed by atoms with E-state index in [-0.39, 0.29) is 0 Å². The van der Waals surface area contributed by atoms with Crippen molar-refractivity contribution >= 4 is 11.2 Å². The molecule has 98 valence electrons. The van der Waals surface area contributed by atoms with E-state index in [0.29, 0.717) is 23.6 Å². The minimum atomic E-state index is -0.406. The lowest BCUT2D eigenvalue weighted by molar-refractivity contribution is 0.577. The Hall–Kier alpha value is -1.85. The molecule has 6 nitrogen and oxygen atoms in total. The van der Waals surface area contributed by atoms with Crippen LogP contribution in [-0.4, -0.2) is 19.5 Å². The number of hydrogen-bond acceptors (Lipinski definition) is 3. The zero-order valence-electron chi connectivity index (χ0n) is 10.9. The number of hydrogen-bond donors (Lipinski definition) is 2. The Morgan fingerprint density at radius 1 is 1.28 bits per heavy atom. The lowest BCUT2D eigenvalue weighted by atomic mass is 10.1. The molecule has 2 rings (SSSR count). The first-order valence-electron chi connectivity index (χ1n) is 6.24. The van der Waals surface area contributed by atoms with Crippen LogP contribution >= 0.6 is 0 Å². The number of nitrogens with one attached hydrogen (secondary N) is 2. The van der Waals surface area contributed by atoms with E-state index in [1.165, 1.54) is 4.57 Å². The minimum Gasteiger partial charge on any atom is -0.336 e. The third kappa shape index (κ3) is 2.23. The molecule has 0 spiro atoms. The summed E-state index contributed by atoms with van der Waals surface area (Å²) in [5.41, 5.74) is 0.0279. The van der Waals surface area contributed by atoms with Crippen LogP contribution in [-0.2, 0) is 13.0 Å². The molecule has 0 atom stereocenters. The number of aromatic amines is 2. The van der Waals surface area contributed by atoms with Crippen LogP contribution < -0.4 is 11.2 Å². The van der Waals surface area contributed by atoms with Crippen molar-refractivity contribution in [2.45, 2.75) is 40.2 Å². The molecule has 0 amide bonds. The fourth-order valence-corrected chi connectivity index (χ4v) is 1.93. The number of aryl methyl sites for hydroxylation is 2. The third-order valence-corrected chi connectivity index (χ3v) is 2.96. The van der Waals surface area contributed by atoms with E-state index in [1.807, 2.05) is 6.92 Å². The molecule has 0 aliphatic heterocycles. The quantitative estimate of drug-likeness (QED) is 0.849. The molecule has 2 N–H and O–H groups in total. The highest BCUT2D eigenvalue weighted by atomic mass is 16.2. The summed E-state index contributed by atoms with van der Waals surface area (Å²) in [7, 11) is 0. The van der Waals surface area contributed by atoms with Crippen LogP contribution in [0, 0.1) is 5.92 Å². The van der Waals surface area contributed by atoms with E-state index in [1.54, 1.807) is 0 Å². The monoisotopic (exact) mass is 250 g/mol. The summed E-state index contributed by atoms with van der Waals surface area (Å²) in [6, 6.07) is 0. The molecule has 18 heavy (non-hydrogen) atoms. The Morgan fingerprint density at radius 2 is 2.00 bits per heavy atom. The average molecular weight is 250 g/mol. The van der Waals surface area contributed by atoms with Gasteiger partial charge in [-0.1, -0.05) is 13.8 Å². The number of H-pyrrole nitrogens is 2. The van der Waals surface area contributed by atoms with E-state index in [2.05, 4.69) is 28.8 Å². The van der Waals surface area contributed by atoms with Crippen LogP contribution in [0.1, 0.15) is 33.0 Å². The largest absolute Gasteiger partial charge is 0.336 e. The number of imidazole rings is 1. The van der Waals surface area contributed by atoms with Crippen molar-refractivity contribution in [2.24, 2.45) is 5.92 Å². The Kier molecular flexibility index (Phi) is 3.36. The molecule has 0 fully saturated rings. The summed E-state index contributed by atoms with van der Waals surface area (Å²) in [6.07, 6.45) is 1.78. The number of fused-ring (bicyclic) bond motifs is 1. The van der Waals surface area contributed by atoms with Crippen molar-refractivity contribution in [3.63, 3.8) is 0 Å². The molecule has 0 bridgehead atoms. The van der Waals surface area contributed by atoms with E-state index in [9.17, 15) is 9.59 Å². The van der Waals surface area contributed by atoms with Gasteiger partial charge in [-0.2, -0.15) is 0 Å². The lowest BCUT2D eigenvalue weighted by Crippen LogP contribution is -2.29. The summed E-state index contributed by atoms with van der Waals surface area (Å²) >= 11 is 0. The highest BCUT2D eigenvalue weighted by Gasteiger charge is 2.11. The van der Waals surface area contributed by atoms with Crippen LogP contribution in [0.25, 0.3) is 11.2 Å². The Bertz CT molecular complexity index is 663.